The lowest BCUT2D eigenvalue weighted by Crippen LogP contribution is -2.07. The summed E-state index contributed by atoms with van der Waals surface area (Å²) in [7, 11) is 0. The van der Waals surface area contributed by atoms with Gasteiger partial charge in [-0.15, -0.1) is 0 Å². The topological polar surface area (TPSA) is 71.5 Å². The van der Waals surface area contributed by atoms with E-state index in [0.717, 1.165) is 0 Å². The maximum atomic E-state index is 10.3. The third-order valence-corrected chi connectivity index (χ3v) is 1.61. The van der Waals surface area contributed by atoms with Crippen LogP contribution in [0.15, 0.2) is 12.3 Å². The van der Waals surface area contributed by atoms with E-state index in [9.17, 15) is 4.79 Å². The molecule has 0 bridgehead atoms. The Kier molecular flexibility index (Phi) is 3.53. The van der Waals surface area contributed by atoms with Crippen LogP contribution >= 0.6 is 11.6 Å². The summed E-state index contributed by atoms with van der Waals surface area (Å²) in [5.41, 5.74) is 0.311. The van der Waals surface area contributed by atoms with Crippen molar-refractivity contribution >= 4 is 23.4 Å². The lowest BCUT2D eigenvalue weighted by atomic mass is 10.4. The molecule has 1 heterocycles. The summed E-state index contributed by atoms with van der Waals surface area (Å²) in [5.74, 6) is 0.296. The Balaban J connectivity index is 2.83. The molecule has 14 heavy (non-hydrogen) atoms. The van der Waals surface area contributed by atoms with Crippen molar-refractivity contribution in [2.24, 2.45) is 0 Å². The van der Waals surface area contributed by atoms with Crippen LogP contribution in [0.3, 0.4) is 0 Å². The van der Waals surface area contributed by atoms with Gasteiger partial charge in [0.15, 0.2) is 0 Å². The Labute approximate surface area is 85.7 Å². The highest BCUT2D eigenvalue weighted by molar-refractivity contribution is 6.32. The van der Waals surface area contributed by atoms with E-state index in [-0.39, 0.29) is 5.02 Å². The van der Waals surface area contributed by atoms with E-state index in [2.05, 4.69) is 10.3 Å². The average Bonchev–Trinajstić information content (AvgIpc) is 2.09. The molecule has 1 amide bonds. The van der Waals surface area contributed by atoms with Gasteiger partial charge in [0.1, 0.15) is 5.02 Å². The number of hydrogen-bond donors (Lipinski definition) is 2. The van der Waals surface area contributed by atoms with Gasteiger partial charge in [0.2, 0.25) is 5.88 Å². The van der Waals surface area contributed by atoms with E-state index < -0.39 is 6.09 Å². The summed E-state index contributed by atoms with van der Waals surface area (Å²) < 4.78 is 5.08. The zero-order valence-electron chi connectivity index (χ0n) is 7.45. The van der Waals surface area contributed by atoms with Gasteiger partial charge in [-0.2, -0.15) is 0 Å². The Morgan fingerprint density at radius 2 is 2.50 bits per heavy atom. The van der Waals surface area contributed by atoms with Crippen LogP contribution in [0.4, 0.5) is 10.5 Å². The minimum Gasteiger partial charge on any atom is -0.477 e. The van der Waals surface area contributed by atoms with E-state index in [0.29, 0.717) is 18.2 Å². The number of halogens is 1. The van der Waals surface area contributed by atoms with Gasteiger partial charge in [-0.1, -0.05) is 11.6 Å². The van der Waals surface area contributed by atoms with E-state index in [1.165, 1.54) is 12.3 Å². The van der Waals surface area contributed by atoms with E-state index in [4.69, 9.17) is 21.4 Å². The Morgan fingerprint density at radius 1 is 1.79 bits per heavy atom. The number of amides is 1. The summed E-state index contributed by atoms with van der Waals surface area (Å²) in [5, 5.41) is 10.8. The molecule has 1 aromatic rings. The van der Waals surface area contributed by atoms with E-state index in [1.807, 2.05) is 0 Å². The highest BCUT2D eigenvalue weighted by Gasteiger charge is 2.05. The Morgan fingerprint density at radius 3 is 3.00 bits per heavy atom. The lowest BCUT2D eigenvalue weighted by molar-refractivity contribution is 0.209. The fraction of sp³-hybridized carbons (Fsp3) is 0.250. The number of carbonyl (C=O) groups is 1. The molecule has 0 fully saturated rings. The molecular formula is C8H9ClN2O3. The smallest absolute Gasteiger partial charge is 0.409 e. The predicted molar refractivity (Wildman–Crippen MR) is 52.1 cm³/mol. The number of rotatable bonds is 3. The van der Waals surface area contributed by atoms with Crippen LogP contribution in [0.25, 0.3) is 0 Å². The second-order valence-corrected chi connectivity index (χ2v) is 2.78. The van der Waals surface area contributed by atoms with E-state index in [1.54, 1.807) is 6.92 Å². The maximum absolute atomic E-state index is 10.3. The van der Waals surface area contributed by atoms with Crippen molar-refractivity contribution in [2.45, 2.75) is 6.92 Å². The van der Waals surface area contributed by atoms with Gasteiger partial charge in [0.05, 0.1) is 18.5 Å². The number of nitrogens with zero attached hydrogens (tertiary/aromatic N) is 1. The van der Waals surface area contributed by atoms with Crippen molar-refractivity contribution < 1.29 is 14.6 Å². The minimum absolute atomic E-state index is 0.276. The first kappa shape index (κ1) is 10.6. The number of hydrogen-bond acceptors (Lipinski definition) is 3. The number of carboxylic acid groups (broad SMARTS) is 1. The molecule has 0 radical (unpaired) electrons. The van der Waals surface area contributed by atoms with Gasteiger partial charge in [-0.3, -0.25) is 5.32 Å². The van der Waals surface area contributed by atoms with Crippen LogP contribution in [0.2, 0.25) is 5.02 Å². The first-order valence-corrected chi connectivity index (χ1v) is 4.29. The lowest BCUT2D eigenvalue weighted by Gasteiger charge is -2.05. The highest BCUT2D eigenvalue weighted by atomic mass is 35.5. The molecule has 5 nitrogen and oxygen atoms in total. The van der Waals surface area contributed by atoms with Crippen LogP contribution in [-0.4, -0.2) is 22.8 Å². The van der Waals surface area contributed by atoms with Crippen molar-refractivity contribution in [3.05, 3.63) is 17.3 Å². The van der Waals surface area contributed by atoms with Crippen molar-refractivity contribution in [1.29, 1.82) is 0 Å². The van der Waals surface area contributed by atoms with Crippen LogP contribution < -0.4 is 10.1 Å². The molecule has 6 heteroatoms. The molecule has 0 aliphatic carbocycles. The molecule has 76 valence electrons. The summed E-state index contributed by atoms with van der Waals surface area (Å²) in [4.78, 5) is 14.1. The molecular weight excluding hydrogens is 208 g/mol. The third kappa shape index (κ3) is 2.77. The first-order chi connectivity index (χ1) is 6.63. The first-order valence-electron chi connectivity index (χ1n) is 3.91. The largest absolute Gasteiger partial charge is 0.477 e. The fourth-order valence-electron chi connectivity index (χ4n) is 0.860. The van der Waals surface area contributed by atoms with Gasteiger partial charge in [0, 0.05) is 0 Å². The average molecular weight is 217 g/mol. The van der Waals surface area contributed by atoms with Crippen LogP contribution in [0, 0.1) is 0 Å². The quantitative estimate of drug-likeness (QED) is 0.813. The molecule has 0 aliphatic rings. The monoisotopic (exact) mass is 216 g/mol. The van der Waals surface area contributed by atoms with Gasteiger partial charge >= 0.3 is 6.09 Å². The molecule has 1 aromatic heterocycles. The van der Waals surface area contributed by atoms with Crippen LogP contribution in [0.1, 0.15) is 6.92 Å². The minimum atomic E-state index is -1.16. The number of ether oxygens (including phenoxy) is 1. The molecule has 0 saturated heterocycles. The molecule has 0 saturated carbocycles. The van der Waals surface area contributed by atoms with Gasteiger partial charge in [-0.25, -0.2) is 9.78 Å². The maximum Gasteiger partial charge on any atom is 0.409 e. The van der Waals surface area contributed by atoms with E-state index >= 15 is 0 Å². The fourth-order valence-corrected chi connectivity index (χ4v) is 1.08. The van der Waals surface area contributed by atoms with Crippen LogP contribution in [0.5, 0.6) is 5.88 Å². The summed E-state index contributed by atoms with van der Waals surface area (Å²) in [6.07, 6.45) is 0.178. The Bertz CT molecular complexity index is 343. The normalized spacial score (nSPS) is 9.57. The number of anilines is 1. The standard InChI is InChI=1S/C8H9ClN2O3/c1-2-14-7-6(9)3-5(4-10-7)11-8(12)13/h3-4,11H,2H2,1H3,(H,12,13). The summed E-state index contributed by atoms with van der Waals surface area (Å²) >= 11 is 5.77. The zero-order chi connectivity index (χ0) is 10.6. The molecule has 1 rings (SSSR count). The Hall–Kier alpha value is -1.49. The highest BCUT2D eigenvalue weighted by Crippen LogP contribution is 2.24. The number of pyridine rings is 1. The summed E-state index contributed by atoms with van der Waals surface area (Å²) in [6, 6.07) is 1.44. The molecule has 2 N–H and O–H groups in total. The van der Waals surface area contributed by atoms with Gasteiger partial charge < -0.3 is 9.84 Å². The molecule has 0 atom stereocenters. The van der Waals surface area contributed by atoms with Crippen molar-refractivity contribution in [1.82, 2.24) is 4.98 Å². The molecule has 0 unspecified atom stereocenters. The predicted octanol–water partition coefficient (Wildman–Crippen LogP) is 2.22. The van der Waals surface area contributed by atoms with Gasteiger partial charge in [0.25, 0.3) is 0 Å². The second kappa shape index (κ2) is 4.66. The molecule has 0 aliphatic heterocycles. The molecule has 0 aromatic carbocycles. The van der Waals surface area contributed by atoms with Crippen LogP contribution in [-0.2, 0) is 0 Å². The number of aromatic nitrogens is 1. The van der Waals surface area contributed by atoms with Gasteiger partial charge in [-0.05, 0) is 13.0 Å². The molecule has 0 spiro atoms. The van der Waals surface area contributed by atoms with Crippen molar-refractivity contribution in [3.8, 4) is 5.88 Å². The van der Waals surface area contributed by atoms with Crippen molar-refractivity contribution in [3.63, 3.8) is 0 Å². The zero-order valence-corrected chi connectivity index (χ0v) is 8.21. The second-order valence-electron chi connectivity index (χ2n) is 2.37. The third-order valence-electron chi connectivity index (χ3n) is 1.34. The number of nitrogens with one attached hydrogen (secondary N) is 1. The SMILES string of the molecule is CCOc1ncc(NC(=O)O)cc1Cl. The summed E-state index contributed by atoms with van der Waals surface area (Å²) in [6.45, 7) is 2.26. The van der Waals surface area contributed by atoms with Crippen molar-refractivity contribution in [2.75, 3.05) is 11.9 Å².